The Morgan fingerprint density at radius 3 is 2.53 bits per heavy atom. The first kappa shape index (κ1) is 12.9. The number of benzene rings is 1. The molecule has 0 aliphatic rings. The smallest absolute Gasteiger partial charge is 0.383 e. The lowest BCUT2D eigenvalue weighted by Crippen LogP contribution is -2.13. The van der Waals surface area contributed by atoms with Gasteiger partial charge in [-0.3, -0.25) is 4.79 Å². The highest BCUT2D eigenvalue weighted by atomic mass is 19.4. The molecule has 0 aliphatic carbocycles. The van der Waals surface area contributed by atoms with Crippen LogP contribution in [0.4, 0.5) is 19.0 Å². The fraction of sp³-hybridized carbons (Fsp3) is 0.0909. The van der Waals surface area contributed by atoms with Crippen molar-refractivity contribution in [3.05, 3.63) is 41.6 Å². The summed E-state index contributed by atoms with van der Waals surface area (Å²) in [4.78, 5) is 11.0. The third-order valence-electron chi connectivity index (χ3n) is 2.49. The van der Waals surface area contributed by atoms with Crippen molar-refractivity contribution < 1.29 is 18.0 Å². The number of primary amides is 1. The summed E-state index contributed by atoms with van der Waals surface area (Å²) in [7, 11) is 0. The normalized spacial score (nSPS) is 11.5. The molecule has 100 valence electrons. The number of hydrogen-bond acceptors (Lipinski definition) is 3. The van der Waals surface area contributed by atoms with Crippen LogP contribution in [0.3, 0.4) is 0 Å². The van der Waals surface area contributed by atoms with Gasteiger partial charge in [0.05, 0.1) is 17.4 Å². The first-order valence-electron chi connectivity index (χ1n) is 5.11. The van der Waals surface area contributed by atoms with Crippen molar-refractivity contribution in [1.82, 2.24) is 9.78 Å². The molecule has 8 heteroatoms. The van der Waals surface area contributed by atoms with Gasteiger partial charge in [0.25, 0.3) is 5.91 Å². The lowest BCUT2D eigenvalue weighted by Gasteiger charge is -2.09. The third-order valence-corrected chi connectivity index (χ3v) is 2.49. The Morgan fingerprint density at radius 2 is 2.00 bits per heavy atom. The molecule has 0 saturated heterocycles. The summed E-state index contributed by atoms with van der Waals surface area (Å²) in [6, 6.07) is 4.43. The van der Waals surface area contributed by atoms with Gasteiger partial charge in [-0.25, -0.2) is 4.68 Å². The second-order valence-corrected chi connectivity index (χ2v) is 3.77. The molecule has 2 rings (SSSR count). The van der Waals surface area contributed by atoms with Crippen LogP contribution in [-0.2, 0) is 6.18 Å². The van der Waals surface area contributed by atoms with Crippen molar-refractivity contribution in [2.24, 2.45) is 5.73 Å². The highest BCUT2D eigenvalue weighted by Gasteiger charge is 2.30. The van der Waals surface area contributed by atoms with E-state index in [9.17, 15) is 18.0 Å². The van der Waals surface area contributed by atoms with Crippen molar-refractivity contribution in [3.8, 4) is 5.69 Å². The Labute approximate surface area is 105 Å². The Bertz CT molecular complexity index is 633. The highest BCUT2D eigenvalue weighted by Crippen LogP contribution is 2.30. The molecular weight excluding hydrogens is 261 g/mol. The number of aromatic nitrogens is 2. The van der Waals surface area contributed by atoms with Gasteiger partial charge in [-0.15, -0.1) is 0 Å². The Hall–Kier alpha value is -2.51. The summed E-state index contributed by atoms with van der Waals surface area (Å²) in [5.74, 6) is -0.900. The SMILES string of the molecule is NC(=O)c1cnn(-c2cccc(C(F)(F)F)c2)c1N. The number of nitrogens with zero attached hydrogens (tertiary/aromatic N) is 2. The fourth-order valence-corrected chi connectivity index (χ4v) is 1.57. The second kappa shape index (κ2) is 4.30. The zero-order valence-corrected chi connectivity index (χ0v) is 9.48. The summed E-state index contributed by atoms with van der Waals surface area (Å²) in [6.45, 7) is 0. The largest absolute Gasteiger partial charge is 0.416 e. The van der Waals surface area contributed by atoms with Gasteiger partial charge in [-0.1, -0.05) is 6.07 Å². The van der Waals surface area contributed by atoms with Gasteiger partial charge in [-0.05, 0) is 18.2 Å². The molecule has 0 fully saturated rings. The number of nitrogen functional groups attached to an aromatic ring is 1. The van der Waals surface area contributed by atoms with E-state index in [1.54, 1.807) is 0 Å². The van der Waals surface area contributed by atoms with Crippen LogP contribution in [0.1, 0.15) is 15.9 Å². The van der Waals surface area contributed by atoms with Crippen LogP contribution in [0.5, 0.6) is 0 Å². The van der Waals surface area contributed by atoms with Crippen LogP contribution < -0.4 is 11.5 Å². The lowest BCUT2D eigenvalue weighted by molar-refractivity contribution is -0.137. The minimum absolute atomic E-state index is 0.0441. The monoisotopic (exact) mass is 270 g/mol. The van der Waals surface area contributed by atoms with Crippen molar-refractivity contribution in [2.75, 3.05) is 5.73 Å². The van der Waals surface area contributed by atoms with Gasteiger partial charge in [-0.2, -0.15) is 18.3 Å². The fourth-order valence-electron chi connectivity index (χ4n) is 1.57. The maximum atomic E-state index is 12.6. The van der Waals surface area contributed by atoms with Crippen LogP contribution in [-0.4, -0.2) is 15.7 Å². The standard InChI is InChI=1S/C11H9F3N4O/c12-11(13,14)6-2-1-3-7(4-6)18-9(15)8(5-17-18)10(16)19/h1-5H,15H2,(H2,16,19). The van der Waals surface area contributed by atoms with Crippen molar-refractivity contribution in [3.63, 3.8) is 0 Å². The number of halogens is 3. The quantitative estimate of drug-likeness (QED) is 0.868. The zero-order chi connectivity index (χ0) is 14.2. The first-order chi connectivity index (χ1) is 8.80. The molecule has 0 radical (unpaired) electrons. The number of rotatable bonds is 2. The Kier molecular flexibility index (Phi) is 2.93. The topological polar surface area (TPSA) is 86.9 Å². The lowest BCUT2D eigenvalue weighted by atomic mass is 10.2. The van der Waals surface area contributed by atoms with Crippen LogP contribution in [0.2, 0.25) is 0 Å². The summed E-state index contributed by atoms with van der Waals surface area (Å²) in [5, 5.41) is 3.75. The second-order valence-electron chi connectivity index (χ2n) is 3.77. The summed E-state index contributed by atoms with van der Waals surface area (Å²) in [6.07, 6.45) is -3.36. The highest BCUT2D eigenvalue weighted by molar-refractivity contribution is 5.97. The first-order valence-corrected chi connectivity index (χ1v) is 5.11. The molecule has 1 aromatic carbocycles. The number of nitrogens with two attached hydrogens (primary N) is 2. The Balaban J connectivity index is 2.51. The Morgan fingerprint density at radius 1 is 1.32 bits per heavy atom. The molecule has 1 amide bonds. The number of carbonyl (C=O) groups is 1. The predicted octanol–water partition coefficient (Wildman–Crippen LogP) is 1.57. The molecule has 0 atom stereocenters. The van der Waals surface area contributed by atoms with Crippen molar-refractivity contribution in [1.29, 1.82) is 0 Å². The maximum absolute atomic E-state index is 12.6. The minimum Gasteiger partial charge on any atom is -0.383 e. The van der Waals surface area contributed by atoms with E-state index >= 15 is 0 Å². The third kappa shape index (κ3) is 2.37. The molecule has 19 heavy (non-hydrogen) atoms. The summed E-state index contributed by atoms with van der Waals surface area (Å²) >= 11 is 0. The van der Waals surface area contributed by atoms with Crippen LogP contribution in [0.15, 0.2) is 30.5 Å². The van der Waals surface area contributed by atoms with E-state index in [0.717, 1.165) is 23.0 Å². The average molecular weight is 270 g/mol. The van der Waals surface area contributed by atoms with Gasteiger partial charge < -0.3 is 11.5 Å². The average Bonchev–Trinajstić information content (AvgIpc) is 2.70. The molecule has 4 N–H and O–H groups in total. The van der Waals surface area contributed by atoms with E-state index < -0.39 is 17.6 Å². The minimum atomic E-state index is -4.47. The van der Waals surface area contributed by atoms with E-state index in [1.165, 1.54) is 12.1 Å². The summed E-state index contributed by atoms with van der Waals surface area (Å²) < 4.78 is 38.8. The number of hydrogen-bond donors (Lipinski definition) is 2. The maximum Gasteiger partial charge on any atom is 0.416 e. The van der Waals surface area contributed by atoms with E-state index in [0.29, 0.717) is 0 Å². The van der Waals surface area contributed by atoms with Crippen molar-refractivity contribution >= 4 is 11.7 Å². The summed E-state index contributed by atoms with van der Waals surface area (Å²) in [5.41, 5.74) is 9.89. The number of anilines is 1. The predicted molar refractivity (Wildman–Crippen MR) is 61.5 cm³/mol. The van der Waals surface area contributed by atoms with E-state index in [-0.39, 0.29) is 17.1 Å². The molecule has 2 aromatic rings. The van der Waals surface area contributed by atoms with Crippen LogP contribution in [0.25, 0.3) is 5.69 Å². The molecule has 0 saturated carbocycles. The number of carbonyl (C=O) groups excluding carboxylic acids is 1. The number of alkyl halides is 3. The van der Waals surface area contributed by atoms with Gasteiger partial charge in [0, 0.05) is 0 Å². The van der Waals surface area contributed by atoms with Gasteiger partial charge in [0.15, 0.2) is 0 Å². The van der Waals surface area contributed by atoms with E-state index in [1.807, 2.05) is 0 Å². The molecule has 0 spiro atoms. The molecule has 0 bridgehead atoms. The van der Waals surface area contributed by atoms with Gasteiger partial charge in [0.2, 0.25) is 0 Å². The van der Waals surface area contributed by atoms with Crippen LogP contribution >= 0.6 is 0 Å². The van der Waals surface area contributed by atoms with E-state index in [4.69, 9.17) is 11.5 Å². The van der Waals surface area contributed by atoms with Crippen molar-refractivity contribution in [2.45, 2.75) is 6.18 Å². The molecule has 0 unspecified atom stereocenters. The van der Waals surface area contributed by atoms with Gasteiger partial charge in [0.1, 0.15) is 11.4 Å². The zero-order valence-electron chi connectivity index (χ0n) is 9.48. The molecule has 1 heterocycles. The van der Waals surface area contributed by atoms with Crippen LogP contribution in [0, 0.1) is 0 Å². The molecule has 5 nitrogen and oxygen atoms in total. The molecule has 1 aromatic heterocycles. The molecular formula is C11H9F3N4O. The number of amides is 1. The van der Waals surface area contributed by atoms with E-state index in [2.05, 4.69) is 5.10 Å². The van der Waals surface area contributed by atoms with Gasteiger partial charge >= 0.3 is 6.18 Å². The molecule has 0 aliphatic heterocycles.